The summed E-state index contributed by atoms with van der Waals surface area (Å²) in [6.45, 7) is 8.75. The second kappa shape index (κ2) is 3.91. The molecule has 3 rings (SSSR count). The summed E-state index contributed by atoms with van der Waals surface area (Å²) in [5, 5.41) is 0. The Morgan fingerprint density at radius 3 is 1.88 bits per heavy atom. The Labute approximate surface area is 105 Å². The molecular formula is C14H21O2P. The second-order valence-corrected chi connectivity index (χ2v) is 8.87. The molecule has 0 saturated carbocycles. The van der Waals surface area contributed by atoms with Crippen LogP contribution in [-0.4, -0.2) is 35.0 Å². The zero-order valence-corrected chi connectivity index (χ0v) is 11.9. The second-order valence-electron chi connectivity index (χ2n) is 5.75. The van der Waals surface area contributed by atoms with Gasteiger partial charge < -0.3 is 9.47 Å². The molecule has 4 atom stereocenters. The van der Waals surface area contributed by atoms with E-state index in [0.717, 1.165) is 0 Å². The van der Waals surface area contributed by atoms with E-state index in [1.807, 2.05) is 13.8 Å². The van der Waals surface area contributed by atoms with Crippen molar-refractivity contribution in [3.63, 3.8) is 0 Å². The van der Waals surface area contributed by atoms with Crippen LogP contribution in [-0.2, 0) is 9.47 Å². The van der Waals surface area contributed by atoms with Gasteiger partial charge in [-0.1, -0.05) is 46.1 Å². The molecule has 3 heteroatoms. The Balaban J connectivity index is 1.83. The van der Waals surface area contributed by atoms with Crippen LogP contribution in [0, 0.1) is 0 Å². The molecule has 2 saturated heterocycles. The highest BCUT2D eigenvalue weighted by molar-refractivity contribution is 7.60. The topological polar surface area (TPSA) is 18.5 Å². The maximum absolute atomic E-state index is 6.09. The first-order chi connectivity index (χ1) is 7.99. The van der Waals surface area contributed by atoms with Gasteiger partial charge in [0.1, 0.15) is 0 Å². The Bertz CT molecular complexity index is 342. The Morgan fingerprint density at radius 2 is 1.41 bits per heavy atom. The molecule has 2 nitrogen and oxygen atoms in total. The van der Waals surface area contributed by atoms with E-state index in [2.05, 4.69) is 38.2 Å². The average Bonchev–Trinajstić information content (AvgIpc) is 2.88. The zero-order valence-electron chi connectivity index (χ0n) is 11.0. The van der Waals surface area contributed by atoms with Crippen LogP contribution >= 0.6 is 7.92 Å². The minimum atomic E-state index is -0.388. The predicted octanol–water partition coefficient (Wildman–Crippen LogP) is 3.27. The zero-order chi connectivity index (χ0) is 12.2. The molecule has 0 aromatic rings. The number of allylic oxidation sites excluding steroid dienone is 4. The lowest BCUT2D eigenvalue weighted by atomic mass is 10.1. The first-order valence-corrected chi connectivity index (χ1v) is 8.02. The van der Waals surface area contributed by atoms with Gasteiger partial charge in [0.2, 0.25) is 0 Å². The first-order valence-electron chi connectivity index (χ1n) is 6.48. The summed E-state index contributed by atoms with van der Waals surface area (Å²) in [6, 6.07) is 0. The van der Waals surface area contributed by atoms with Gasteiger partial charge in [-0.2, -0.15) is 0 Å². The van der Waals surface area contributed by atoms with Gasteiger partial charge in [-0.15, -0.1) is 0 Å². The van der Waals surface area contributed by atoms with E-state index >= 15 is 0 Å². The molecule has 0 unspecified atom stereocenters. The lowest BCUT2D eigenvalue weighted by Gasteiger charge is -2.30. The summed E-state index contributed by atoms with van der Waals surface area (Å²) in [7, 11) is -0.0670. The van der Waals surface area contributed by atoms with E-state index in [-0.39, 0.29) is 13.7 Å². The molecule has 3 aliphatic rings. The third-order valence-corrected chi connectivity index (χ3v) is 7.63. The highest BCUT2D eigenvalue weighted by Gasteiger charge is 2.56. The number of fused-ring (bicyclic) bond motifs is 1. The minimum absolute atomic E-state index is 0.0670. The van der Waals surface area contributed by atoms with Gasteiger partial charge in [0.15, 0.2) is 5.79 Å². The van der Waals surface area contributed by atoms with Gasteiger partial charge in [0.25, 0.3) is 0 Å². The number of hydrogen-bond acceptors (Lipinski definition) is 2. The van der Waals surface area contributed by atoms with Crippen molar-refractivity contribution < 1.29 is 9.47 Å². The van der Waals surface area contributed by atoms with Crippen LogP contribution < -0.4 is 0 Å². The van der Waals surface area contributed by atoms with E-state index in [9.17, 15) is 0 Å². The SMILES string of the molecule is C[C@H]1[C@H]2OC(C)(C)O[C@@H]2[C@H](C)P1C1C=CC=C1. The van der Waals surface area contributed by atoms with Crippen LogP contribution in [0.25, 0.3) is 0 Å². The molecule has 2 fully saturated rings. The summed E-state index contributed by atoms with van der Waals surface area (Å²) in [4.78, 5) is 0. The van der Waals surface area contributed by atoms with Crippen molar-refractivity contribution in [2.75, 3.05) is 0 Å². The van der Waals surface area contributed by atoms with E-state index in [1.165, 1.54) is 0 Å². The van der Waals surface area contributed by atoms with Crippen LogP contribution in [0.1, 0.15) is 27.7 Å². The van der Waals surface area contributed by atoms with Crippen LogP contribution in [0.5, 0.6) is 0 Å². The third kappa shape index (κ3) is 1.82. The number of ether oxygens (including phenoxy) is 2. The summed E-state index contributed by atoms with van der Waals surface area (Å²) in [5.74, 6) is -0.388. The molecule has 0 aromatic heterocycles. The average molecular weight is 252 g/mol. The fourth-order valence-electron chi connectivity index (χ4n) is 3.44. The van der Waals surface area contributed by atoms with E-state index < -0.39 is 0 Å². The quantitative estimate of drug-likeness (QED) is 0.667. The lowest BCUT2D eigenvalue weighted by molar-refractivity contribution is -0.147. The summed E-state index contributed by atoms with van der Waals surface area (Å²) in [5.41, 5.74) is 1.89. The maximum Gasteiger partial charge on any atom is 0.163 e. The van der Waals surface area contributed by atoms with Crippen molar-refractivity contribution in [1.29, 1.82) is 0 Å². The molecule has 1 aliphatic carbocycles. The van der Waals surface area contributed by atoms with Crippen molar-refractivity contribution >= 4 is 7.92 Å². The predicted molar refractivity (Wildman–Crippen MR) is 71.7 cm³/mol. The van der Waals surface area contributed by atoms with Gasteiger partial charge in [-0.3, -0.25) is 0 Å². The Morgan fingerprint density at radius 1 is 0.941 bits per heavy atom. The molecule has 0 spiro atoms. The van der Waals surface area contributed by atoms with E-state index in [4.69, 9.17) is 9.47 Å². The number of hydrogen-bond donors (Lipinski definition) is 0. The standard InChI is InChI=1S/C14H21O2P/c1-9-12-13(16-14(3,4)15-12)10(2)17(9)11-7-5-6-8-11/h5-13H,1-4H3/t9-,10-,12+,13+/m0/s1. The number of rotatable bonds is 1. The van der Waals surface area contributed by atoms with Gasteiger partial charge in [0, 0.05) is 17.0 Å². The normalized spacial score (nSPS) is 47.9. The molecule has 0 N–H and O–H groups in total. The molecule has 17 heavy (non-hydrogen) atoms. The monoisotopic (exact) mass is 252 g/mol. The molecule has 2 heterocycles. The third-order valence-electron chi connectivity index (χ3n) is 4.13. The van der Waals surface area contributed by atoms with Crippen LogP contribution in [0.2, 0.25) is 0 Å². The first kappa shape index (κ1) is 11.9. The molecule has 2 aliphatic heterocycles. The molecule has 0 bridgehead atoms. The van der Waals surface area contributed by atoms with Gasteiger partial charge in [-0.25, -0.2) is 0 Å². The fourth-order valence-corrected chi connectivity index (χ4v) is 7.00. The van der Waals surface area contributed by atoms with Crippen molar-refractivity contribution in [2.45, 2.75) is 62.7 Å². The molecule has 0 radical (unpaired) electrons. The summed E-state index contributed by atoms with van der Waals surface area (Å²) >= 11 is 0. The van der Waals surface area contributed by atoms with Crippen LogP contribution in [0.4, 0.5) is 0 Å². The Hall–Kier alpha value is -0.170. The van der Waals surface area contributed by atoms with Crippen molar-refractivity contribution in [2.24, 2.45) is 0 Å². The highest BCUT2D eigenvalue weighted by atomic mass is 31.1. The smallest absolute Gasteiger partial charge is 0.163 e. The molecule has 0 aromatic carbocycles. The molecule has 94 valence electrons. The molecule has 0 amide bonds. The summed E-state index contributed by atoms with van der Waals surface area (Å²) in [6.07, 6.45) is 9.62. The highest BCUT2D eigenvalue weighted by Crippen LogP contribution is 2.63. The maximum atomic E-state index is 6.09. The van der Waals surface area contributed by atoms with Gasteiger partial charge in [-0.05, 0) is 13.8 Å². The van der Waals surface area contributed by atoms with Crippen LogP contribution in [0.15, 0.2) is 24.3 Å². The van der Waals surface area contributed by atoms with Crippen molar-refractivity contribution in [3.8, 4) is 0 Å². The van der Waals surface area contributed by atoms with Gasteiger partial charge in [0.05, 0.1) is 12.2 Å². The van der Waals surface area contributed by atoms with Crippen molar-refractivity contribution in [1.82, 2.24) is 0 Å². The van der Waals surface area contributed by atoms with E-state index in [0.29, 0.717) is 29.2 Å². The van der Waals surface area contributed by atoms with Gasteiger partial charge >= 0.3 is 0 Å². The Kier molecular flexibility index (Phi) is 2.74. The molecular weight excluding hydrogens is 231 g/mol. The fraction of sp³-hybridized carbons (Fsp3) is 0.714. The minimum Gasteiger partial charge on any atom is -0.344 e. The lowest BCUT2D eigenvalue weighted by Crippen LogP contribution is -2.27. The summed E-state index contributed by atoms with van der Waals surface area (Å²) < 4.78 is 12.2. The van der Waals surface area contributed by atoms with E-state index in [1.54, 1.807) is 0 Å². The largest absolute Gasteiger partial charge is 0.344 e. The van der Waals surface area contributed by atoms with Crippen LogP contribution in [0.3, 0.4) is 0 Å². The van der Waals surface area contributed by atoms with Crippen molar-refractivity contribution in [3.05, 3.63) is 24.3 Å².